The number of urea groups is 1. The molecule has 0 radical (unpaired) electrons. The van der Waals surface area contributed by atoms with Crippen molar-refractivity contribution in [3.05, 3.63) is 0 Å². The number of hydrogen-bond acceptors (Lipinski definition) is 2. The Balaban J connectivity index is 2.63. The summed E-state index contributed by atoms with van der Waals surface area (Å²) < 4.78 is 0. The molecule has 0 atom stereocenters. The standard InChI is InChI=1S/C15H28N2O3/c1-6-17(15(4,5)12(18)19)13(20)16-11-7-9-14(2,3)10-8-11/h11H,6-10H2,1-5H3,(H,16,20)(H,18,19). The van der Waals surface area contributed by atoms with E-state index in [9.17, 15) is 14.7 Å². The number of carboxylic acid groups (broad SMARTS) is 1. The van der Waals surface area contributed by atoms with E-state index < -0.39 is 11.5 Å². The lowest BCUT2D eigenvalue weighted by Gasteiger charge is -2.38. The minimum Gasteiger partial charge on any atom is -0.480 e. The molecule has 0 aromatic heterocycles. The number of amides is 2. The molecule has 1 saturated carbocycles. The van der Waals surface area contributed by atoms with Gasteiger partial charge in [0.05, 0.1) is 0 Å². The lowest BCUT2D eigenvalue weighted by atomic mass is 9.75. The Hall–Kier alpha value is -1.26. The molecule has 2 N–H and O–H groups in total. The molecule has 20 heavy (non-hydrogen) atoms. The molecule has 1 rings (SSSR count). The summed E-state index contributed by atoms with van der Waals surface area (Å²) in [6, 6.07) is -0.112. The van der Waals surface area contributed by atoms with Crippen molar-refractivity contribution in [2.24, 2.45) is 5.41 Å². The molecule has 5 nitrogen and oxygen atoms in total. The van der Waals surface area contributed by atoms with Gasteiger partial charge in [0.1, 0.15) is 5.54 Å². The average molecular weight is 284 g/mol. The zero-order valence-electron chi connectivity index (χ0n) is 13.3. The van der Waals surface area contributed by atoms with Crippen LogP contribution in [-0.2, 0) is 4.79 Å². The Morgan fingerprint density at radius 2 is 1.80 bits per heavy atom. The smallest absolute Gasteiger partial charge is 0.329 e. The van der Waals surface area contributed by atoms with Crippen molar-refractivity contribution in [1.29, 1.82) is 0 Å². The first-order chi connectivity index (χ1) is 9.10. The summed E-state index contributed by atoms with van der Waals surface area (Å²) in [6.45, 7) is 9.79. The molecule has 116 valence electrons. The van der Waals surface area contributed by atoms with Crippen LogP contribution in [0.2, 0.25) is 0 Å². The van der Waals surface area contributed by atoms with Gasteiger partial charge in [-0.2, -0.15) is 0 Å². The van der Waals surface area contributed by atoms with Crippen LogP contribution in [0.4, 0.5) is 4.79 Å². The Morgan fingerprint density at radius 3 is 2.20 bits per heavy atom. The van der Waals surface area contributed by atoms with E-state index in [4.69, 9.17) is 0 Å². The van der Waals surface area contributed by atoms with Gasteiger partial charge in [0, 0.05) is 12.6 Å². The first-order valence-electron chi connectivity index (χ1n) is 7.41. The molecule has 0 aromatic rings. The van der Waals surface area contributed by atoms with Crippen LogP contribution < -0.4 is 5.32 Å². The lowest BCUT2D eigenvalue weighted by molar-refractivity contribution is -0.147. The molecule has 1 aliphatic carbocycles. The first kappa shape index (κ1) is 16.8. The SMILES string of the molecule is CCN(C(=O)NC1CCC(C)(C)CC1)C(C)(C)C(=O)O. The van der Waals surface area contributed by atoms with Crippen molar-refractivity contribution in [2.75, 3.05) is 6.54 Å². The van der Waals surface area contributed by atoms with Gasteiger partial charge in [0.25, 0.3) is 0 Å². The van der Waals surface area contributed by atoms with Crippen molar-refractivity contribution in [3.8, 4) is 0 Å². The normalized spacial score (nSPS) is 19.4. The van der Waals surface area contributed by atoms with Gasteiger partial charge in [-0.15, -0.1) is 0 Å². The van der Waals surface area contributed by atoms with Crippen LogP contribution in [0.5, 0.6) is 0 Å². The number of likely N-dealkylation sites (N-methyl/N-ethyl adjacent to an activating group) is 1. The van der Waals surface area contributed by atoms with E-state index in [1.54, 1.807) is 20.8 Å². The summed E-state index contributed by atoms with van der Waals surface area (Å²) in [7, 11) is 0. The summed E-state index contributed by atoms with van der Waals surface area (Å²) in [6.07, 6.45) is 4.10. The maximum Gasteiger partial charge on any atom is 0.329 e. The fraction of sp³-hybridized carbons (Fsp3) is 0.867. The molecule has 0 aromatic carbocycles. The minimum absolute atomic E-state index is 0.161. The Labute approximate surface area is 121 Å². The second kappa shape index (κ2) is 6.02. The van der Waals surface area contributed by atoms with Gasteiger partial charge in [-0.25, -0.2) is 9.59 Å². The highest BCUT2D eigenvalue weighted by atomic mass is 16.4. The predicted octanol–water partition coefficient (Wildman–Crippen LogP) is 2.85. The van der Waals surface area contributed by atoms with Gasteiger partial charge in [0.15, 0.2) is 0 Å². The maximum absolute atomic E-state index is 12.3. The summed E-state index contributed by atoms with van der Waals surface area (Å²) in [5.74, 6) is -0.987. The number of hydrogen-bond donors (Lipinski definition) is 2. The number of carbonyl (C=O) groups is 2. The van der Waals surface area contributed by atoms with Crippen LogP contribution in [0.3, 0.4) is 0 Å². The molecule has 5 heteroatoms. The van der Waals surface area contributed by atoms with Crippen LogP contribution in [0.25, 0.3) is 0 Å². The van der Waals surface area contributed by atoms with Gasteiger partial charge >= 0.3 is 12.0 Å². The molecule has 0 heterocycles. The number of carboxylic acids is 1. The molecule has 0 spiro atoms. The highest BCUT2D eigenvalue weighted by Gasteiger charge is 2.38. The molecular weight excluding hydrogens is 256 g/mol. The molecule has 2 amide bonds. The summed E-state index contributed by atoms with van der Waals surface area (Å²) in [5.41, 5.74) is -0.835. The monoisotopic (exact) mass is 284 g/mol. The lowest BCUT2D eigenvalue weighted by Crippen LogP contribution is -2.57. The maximum atomic E-state index is 12.3. The highest BCUT2D eigenvalue weighted by molar-refractivity contribution is 5.85. The van der Waals surface area contributed by atoms with E-state index in [-0.39, 0.29) is 12.1 Å². The van der Waals surface area contributed by atoms with Gasteiger partial charge in [-0.05, 0) is 51.9 Å². The third-order valence-electron chi connectivity index (χ3n) is 4.43. The Bertz CT molecular complexity index is 367. The van der Waals surface area contributed by atoms with Gasteiger partial charge < -0.3 is 15.3 Å². The number of nitrogens with one attached hydrogen (secondary N) is 1. The molecule has 0 saturated heterocycles. The Kier molecular flexibility index (Phi) is 5.05. The van der Waals surface area contributed by atoms with Crippen molar-refractivity contribution in [2.45, 2.75) is 71.9 Å². The van der Waals surface area contributed by atoms with Crippen molar-refractivity contribution < 1.29 is 14.7 Å². The molecule has 0 aliphatic heterocycles. The zero-order chi connectivity index (χ0) is 15.6. The van der Waals surface area contributed by atoms with Crippen molar-refractivity contribution in [3.63, 3.8) is 0 Å². The van der Waals surface area contributed by atoms with E-state index in [1.807, 2.05) is 0 Å². The number of carbonyl (C=O) groups excluding carboxylic acids is 1. The molecular formula is C15H28N2O3. The van der Waals surface area contributed by atoms with Crippen LogP contribution in [-0.4, -0.2) is 40.1 Å². The second-order valence-electron chi connectivity index (χ2n) is 7.00. The fourth-order valence-electron chi connectivity index (χ4n) is 2.70. The van der Waals surface area contributed by atoms with Gasteiger partial charge in [-0.3, -0.25) is 0 Å². The van der Waals surface area contributed by atoms with Crippen molar-refractivity contribution in [1.82, 2.24) is 10.2 Å². The van der Waals surface area contributed by atoms with E-state index in [0.717, 1.165) is 25.7 Å². The van der Waals surface area contributed by atoms with Crippen LogP contribution in [0.1, 0.15) is 60.3 Å². The minimum atomic E-state index is -1.19. The summed E-state index contributed by atoms with van der Waals surface area (Å²) >= 11 is 0. The third kappa shape index (κ3) is 3.87. The number of nitrogens with zero attached hydrogens (tertiary/aromatic N) is 1. The second-order valence-corrected chi connectivity index (χ2v) is 7.00. The predicted molar refractivity (Wildman–Crippen MR) is 78.7 cm³/mol. The van der Waals surface area contributed by atoms with Crippen LogP contribution in [0.15, 0.2) is 0 Å². The van der Waals surface area contributed by atoms with Crippen LogP contribution in [0, 0.1) is 5.41 Å². The number of rotatable bonds is 4. The van der Waals surface area contributed by atoms with E-state index in [0.29, 0.717) is 12.0 Å². The quantitative estimate of drug-likeness (QED) is 0.834. The topological polar surface area (TPSA) is 69.6 Å². The summed E-state index contributed by atoms with van der Waals surface area (Å²) in [4.78, 5) is 25.0. The van der Waals surface area contributed by atoms with Crippen LogP contribution >= 0.6 is 0 Å². The first-order valence-corrected chi connectivity index (χ1v) is 7.41. The molecule has 0 unspecified atom stereocenters. The van der Waals surface area contributed by atoms with Crippen molar-refractivity contribution >= 4 is 12.0 Å². The largest absolute Gasteiger partial charge is 0.480 e. The summed E-state index contributed by atoms with van der Waals surface area (Å²) in [5, 5.41) is 12.2. The molecule has 0 bridgehead atoms. The molecule has 1 aliphatic rings. The van der Waals surface area contributed by atoms with E-state index in [2.05, 4.69) is 19.2 Å². The molecule has 1 fully saturated rings. The highest BCUT2D eigenvalue weighted by Crippen LogP contribution is 2.35. The Morgan fingerprint density at radius 1 is 1.30 bits per heavy atom. The third-order valence-corrected chi connectivity index (χ3v) is 4.43. The number of aliphatic carboxylic acids is 1. The van der Waals surface area contributed by atoms with E-state index >= 15 is 0 Å². The average Bonchev–Trinajstić information content (AvgIpc) is 2.32. The van der Waals surface area contributed by atoms with Gasteiger partial charge in [-0.1, -0.05) is 13.8 Å². The van der Waals surface area contributed by atoms with E-state index in [1.165, 1.54) is 4.90 Å². The zero-order valence-corrected chi connectivity index (χ0v) is 13.3. The van der Waals surface area contributed by atoms with Gasteiger partial charge in [0.2, 0.25) is 0 Å². The fourth-order valence-corrected chi connectivity index (χ4v) is 2.70.